The quantitative estimate of drug-likeness (QED) is 0.0372. The number of ether oxygens (including phenoxy) is 3. The molecule has 1 unspecified atom stereocenters. The van der Waals surface area contributed by atoms with Crippen LogP contribution in [0.3, 0.4) is 0 Å². The van der Waals surface area contributed by atoms with Crippen molar-refractivity contribution in [2.45, 2.75) is 148 Å². The van der Waals surface area contributed by atoms with E-state index >= 15 is 0 Å². The van der Waals surface area contributed by atoms with Crippen LogP contribution in [-0.4, -0.2) is 63.3 Å². The van der Waals surface area contributed by atoms with Crippen LogP contribution < -0.4 is 0 Å². The van der Waals surface area contributed by atoms with Gasteiger partial charge in [0.1, 0.15) is 19.8 Å². The first kappa shape index (κ1) is 40.3. The third-order valence-electron chi connectivity index (χ3n) is 10.7. The zero-order chi connectivity index (χ0) is 34.5. The van der Waals surface area contributed by atoms with Crippen LogP contribution in [-0.2, 0) is 28.6 Å². The Morgan fingerprint density at radius 2 is 1.12 bits per heavy atom. The monoisotopic (exact) mass is 672 g/mol. The van der Waals surface area contributed by atoms with E-state index in [1.165, 1.54) is 57.8 Å². The van der Waals surface area contributed by atoms with Crippen LogP contribution in [0.25, 0.3) is 0 Å². The third kappa shape index (κ3) is 17.0. The van der Waals surface area contributed by atoms with Gasteiger partial charge < -0.3 is 19.1 Å². The lowest BCUT2D eigenvalue weighted by atomic mass is 9.49. The Labute approximate surface area is 293 Å². The van der Waals surface area contributed by atoms with Gasteiger partial charge in [0.05, 0.1) is 12.3 Å². The van der Waals surface area contributed by atoms with Crippen molar-refractivity contribution in [1.29, 1.82) is 0 Å². The van der Waals surface area contributed by atoms with Gasteiger partial charge in [0, 0.05) is 12.8 Å². The number of carbonyl (C=O) groups excluding carboxylic acids is 3. The first-order valence-electron chi connectivity index (χ1n) is 19.7. The summed E-state index contributed by atoms with van der Waals surface area (Å²) in [5.74, 6) is 1.35. The molecule has 0 heterocycles. The summed E-state index contributed by atoms with van der Waals surface area (Å²) in [5.41, 5.74) is 0.119. The summed E-state index contributed by atoms with van der Waals surface area (Å²) in [6.07, 6.45) is 32.1. The van der Waals surface area contributed by atoms with Gasteiger partial charge in [-0.15, -0.1) is 0 Å². The Morgan fingerprint density at radius 1 is 0.646 bits per heavy atom. The van der Waals surface area contributed by atoms with Gasteiger partial charge >= 0.3 is 17.9 Å². The van der Waals surface area contributed by atoms with Crippen LogP contribution in [0, 0.1) is 29.1 Å². The van der Waals surface area contributed by atoms with Crippen LogP contribution in [0.1, 0.15) is 148 Å². The lowest BCUT2D eigenvalue weighted by molar-refractivity contribution is -0.157. The summed E-state index contributed by atoms with van der Waals surface area (Å²) >= 11 is 0. The van der Waals surface area contributed by atoms with Crippen molar-refractivity contribution in [1.82, 2.24) is 4.90 Å². The van der Waals surface area contributed by atoms with E-state index in [4.69, 9.17) is 14.2 Å². The molecule has 0 aromatic rings. The summed E-state index contributed by atoms with van der Waals surface area (Å²) in [7, 11) is 4.04. The Bertz CT molecular complexity index is 952. The number of carbonyl (C=O) groups is 3. The van der Waals surface area contributed by atoms with Crippen LogP contribution in [0.4, 0.5) is 0 Å². The maximum absolute atomic E-state index is 13.1. The molecule has 4 rings (SSSR count). The normalized spacial score (nSPS) is 23.7. The third-order valence-corrected chi connectivity index (χ3v) is 10.7. The van der Waals surface area contributed by atoms with E-state index in [9.17, 15) is 14.4 Å². The number of allylic oxidation sites excluding steroid dienone is 4. The van der Waals surface area contributed by atoms with E-state index in [0.29, 0.717) is 19.3 Å². The van der Waals surface area contributed by atoms with Crippen molar-refractivity contribution in [3.05, 3.63) is 24.3 Å². The molecule has 0 spiro atoms. The molecular weight excluding hydrogens is 602 g/mol. The highest BCUT2D eigenvalue weighted by Gasteiger charge is 2.51. The SMILES string of the molecule is CCCCC/C=C\C/C=C\CCCCCCCC(=O)OCC(COC(=O)CCCCN(C)C)COC(=O)CC12CC3CC(CC(C3)C1)C2. The van der Waals surface area contributed by atoms with Crippen LogP contribution in [0.2, 0.25) is 0 Å². The molecule has 7 heteroatoms. The molecule has 0 aliphatic heterocycles. The van der Waals surface area contributed by atoms with E-state index in [1.54, 1.807) is 0 Å². The minimum atomic E-state index is -0.357. The Kier molecular flexibility index (Phi) is 19.5. The molecule has 0 radical (unpaired) electrons. The fourth-order valence-corrected chi connectivity index (χ4v) is 8.56. The van der Waals surface area contributed by atoms with Gasteiger partial charge in [-0.3, -0.25) is 14.4 Å². The smallest absolute Gasteiger partial charge is 0.306 e. The average molecular weight is 672 g/mol. The Hall–Kier alpha value is -2.15. The Balaban J connectivity index is 1.30. The highest BCUT2D eigenvalue weighted by Crippen LogP contribution is 2.61. The second-order valence-corrected chi connectivity index (χ2v) is 15.8. The van der Waals surface area contributed by atoms with Gasteiger partial charge in [0.25, 0.3) is 0 Å². The van der Waals surface area contributed by atoms with Crippen molar-refractivity contribution in [3.63, 3.8) is 0 Å². The summed E-state index contributed by atoms with van der Waals surface area (Å²) in [6.45, 7) is 3.46. The number of hydrogen-bond acceptors (Lipinski definition) is 7. The summed E-state index contributed by atoms with van der Waals surface area (Å²) in [5, 5.41) is 0. The maximum Gasteiger partial charge on any atom is 0.306 e. The molecule has 0 N–H and O–H groups in total. The molecule has 1 atom stereocenters. The molecular formula is C41H69NO6. The van der Waals surface area contributed by atoms with Gasteiger partial charge in [-0.2, -0.15) is 0 Å². The predicted molar refractivity (Wildman–Crippen MR) is 193 cm³/mol. The maximum atomic E-state index is 13.1. The molecule has 0 amide bonds. The van der Waals surface area contributed by atoms with Crippen molar-refractivity contribution in [2.24, 2.45) is 29.1 Å². The molecule has 274 valence electrons. The van der Waals surface area contributed by atoms with Crippen LogP contribution in [0.5, 0.6) is 0 Å². The largest absolute Gasteiger partial charge is 0.465 e. The number of unbranched alkanes of at least 4 members (excludes halogenated alkanes) is 9. The second-order valence-electron chi connectivity index (χ2n) is 15.8. The highest BCUT2D eigenvalue weighted by molar-refractivity contribution is 5.71. The first-order chi connectivity index (χ1) is 23.3. The van der Waals surface area contributed by atoms with Crippen molar-refractivity contribution < 1.29 is 28.6 Å². The van der Waals surface area contributed by atoms with Crippen molar-refractivity contribution >= 4 is 17.9 Å². The number of esters is 3. The molecule has 0 aromatic carbocycles. The van der Waals surface area contributed by atoms with E-state index < -0.39 is 0 Å². The topological polar surface area (TPSA) is 82.1 Å². The minimum Gasteiger partial charge on any atom is -0.465 e. The molecule has 0 aromatic heterocycles. The second kappa shape index (κ2) is 23.3. The summed E-state index contributed by atoms with van der Waals surface area (Å²) < 4.78 is 17.0. The zero-order valence-corrected chi connectivity index (χ0v) is 30.9. The summed E-state index contributed by atoms with van der Waals surface area (Å²) in [6, 6.07) is 0. The van der Waals surface area contributed by atoms with Gasteiger partial charge in [-0.25, -0.2) is 0 Å². The van der Waals surface area contributed by atoms with E-state index in [1.807, 2.05) is 14.1 Å². The van der Waals surface area contributed by atoms with Gasteiger partial charge in [0.15, 0.2) is 0 Å². The van der Waals surface area contributed by atoms with Gasteiger partial charge in [0.2, 0.25) is 0 Å². The highest BCUT2D eigenvalue weighted by atomic mass is 16.6. The number of nitrogens with zero attached hydrogens (tertiary/aromatic N) is 1. The lowest BCUT2D eigenvalue weighted by Crippen LogP contribution is -2.47. The predicted octanol–water partition coefficient (Wildman–Crippen LogP) is 9.38. The summed E-state index contributed by atoms with van der Waals surface area (Å²) in [4.78, 5) is 40.1. The van der Waals surface area contributed by atoms with Gasteiger partial charge in [-0.05, 0) is 134 Å². The molecule has 4 bridgehead atoms. The number of hydrogen-bond donors (Lipinski definition) is 0. The van der Waals surface area contributed by atoms with E-state index in [2.05, 4.69) is 36.1 Å². The van der Waals surface area contributed by atoms with Crippen molar-refractivity contribution in [3.8, 4) is 0 Å². The Morgan fingerprint density at radius 3 is 1.67 bits per heavy atom. The minimum absolute atomic E-state index is 0.0914. The molecule has 7 nitrogen and oxygen atoms in total. The van der Waals surface area contributed by atoms with Crippen LogP contribution in [0.15, 0.2) is 24.3 Å². The van der Waals surface area contributed by atoms with Gasteiger partial charge in [-0.1, -0.05) is 63.3 Å². The molecule has 48 heavy (non-hydrogen) atoms. The van der Waals surface area contributed by atoms with E-state index in [0.717, 1.165) is 88.5 Å². The molecule has 4 saturated carbocycles. The fraction of sp³-hybridized carbons (Fsp3) is 0.829. The first-order valence-corrected chi connectivity index (χ1v) is 19.7. The van der Waals surface area contributed by atoms with Crippen LogP contribution >= 0.6 is 0 Å². The van der Waals surface area contributed by atoms with E-state index in [-0.39, 0.29) is 49.1 Å². The molecule has 4 aliphatic rings. The fourth-order valence-electron chi connectivity index (χ4n) is 8.56. The van der Waals surface area contributed by atoms with Crippen molar-refractivity contribution in [2.75, 3.05) is 40.5 Å². The molecule has 0 saturated heterocycles. The lowest BCUT2D eigenvalue weighted by Gasteiger charge is -2.56. The number of rotatable bonds is 27. The average Bonchev–Trinajstić information content (AvgIpc) is 3.03. The standard InChI is InChI=1S/C41H69NO6/c1-4-5-6-7-8-9-10-11-12-13-14-15-16-17-18-21-38(43)46-31-37(32-47-39(44)22-19-20-23-42(2)3)33-48-40(45)30-41-27-34-24-35(28-41)26-36(25-34)29-41/h8-9,11-12,34-37H,4-7,10,13-33H2,1-3H3/b9-8-,12-11-. The molecule has 4 aliphatic carbocycles. The zero-order valence-electron chi connectivity index (χ0n) is 30.9. The molecule has 4 fully saturated rings.